The van der Waals surface area contributed by atoms with Crippen LogP contribution in [0.25, 0.3) is 0 Å². The molecule has 0 fully saturated rings. The monoisotopic (exact) mass is 356 g/mol. The molecular formula is C13H12N2O6S2. The number of carbonyl (C=O) groups excluding carboxylic acids is 1. The fourth-order valence-corrected chi connectivity index (χ4v) is 3.00. The predicted molar refractivity (Wildman–Crippen MR) is 85.0 cm³/mol. The molecule has 1 aromatic carbocycles. The van der Waals surface area contributed by atoms with Gasteiger partial charge in [0.2, 0.25) is 10.0 Å². The van der Waals surface area contributed by atoms with E-state index in [1.54, 1.807) is 12.1 Å². The lowest BCUT2D eigenvalue weighted by atomic mass is 10.2. The Hall–Kier alpha value is -2.46. The lowest BCUT2D eigenvalue weighted by molar-refractivity contribution is -0.380. The van der Waals surface area contributed by atoms with Crippen molar-refractivity contribution >= 4 is 38.0 Å². The molecule has 0 amide bonds. The molecule has 0 aliphatic heterocycles. The number of carbonyl (C=O) groups is 1. The van der Waals surface area contributed by atoms with Crippen molar-refractivity contribution in [2.75, 3.05) is 11.0 Å². The maximum absolute atomic E-state index is 12.1. The number of sulfonamides is 1. The molecule has 0 saturated heterocycles. The van der Waals surface area contributed by atoms with Crippen LogP contribution < -0.4 is 4.72 Å². The van der Waals surface area contributed by atoms with Crippen molar-refractivity contribution in [1.82, 2.24) is 0 Å². The van der Waals surface area contributed by atoms with Crippen LogP contribution in [0.3, 0.4) is 0 Å². The summed E-state index contributed by atoms with van der Waals surface area (Å²) < 4.78 is 29.9. The topological polar surface area (TPSA) is 116 Å². The summed E-state index contributed by atoms with van der Waals surface area (Å²) >= 11 is 0.934. The van der Waals surface area contributed by atoms with E-state index >= 15 is 0 Å². The number of benzene rings is 1. The van der Waals surface area contributed by atoms with E-state index < -0.39 is 20.9 Å². The van der Waals surface area contributed by atoms with E-state index in [0.29, 0.717) is 5.56 Å². The molecule has 0 aliphatic carbocycles. The summed E-state index contributed by atoms with van der Waals surface area (Å²) in [6, 6.07) is 7.32. The van der Waals surface area contributed by atoms with Gasteiger partial charge in [0.05, 0.1) is 22.4 Å². The van der Waals surface area contributed by atoms with Gasteiger partial charge in [-0.25, -0.2) is 13.2 Å². The summed E-state index contributed by atoms with van der Waals surface area (Å²) in [7, 11) is -3.54. The molecule has 1 aromatic heterocycles. The fraction of sp³-hybridized carbons (Fsp3) is 0.154. The molecule has 1 N–H and O–H groups in total. The van der Waals surface area contributed by atoms with Gasteiger partial charge in [0.15, 0.2) is 0 Å². The van der Waals surface area contributed by atoms with Crippen molar-refractivity contribution in [3.8, 4) is 0 Å². The lowest BCUT2D eigenvalue weighted by Gasteiger charge is -2.10. The normalized spacial score (nSPS) is 11.0. The van der Waals surface area contributed by atoms with Gasteiger partial charge in [-0.1, -0.05) is 23.5 Å². The minimum atomic E-state index is -3.54. The van der Waals surface area contributed by atoms with Gasteiger partial charge in [0, 0.05) is 17.0 Å². The zero-order valence-corrected chi connectivity index (χ0v) is 13.5. The third-order valence-corrected chi connectivity index (χ3v) is 4.15. The lowest BCUT2D eigenvalue weighted by Crippen LogP contribution is -2.14. The number of ether oxygens (including phenoxy) is 1. The van der Waals surface area contributed by atoms with Gasteiger partial charge in [-0.05, 0) is 12.1 Å². The number of hydrogen-bond acceptors (Lipinski definition) is 7. The number of thiophene rings is 1. The highest BCUT2D eigenvalue weighted by Gasteiger charge is 2.16. The van der Waals surface area contributed by atoms with E-state index in [2.05, 4.69) is 4.72 Å². The highest BCUT2D eigenvalue weighted by molar-refractivity contribution is 7.92. The molecule has 0 bridgehead atoms. The number of para-hydroxylation sites is 1. The summed E-state index contributed by atoms with van der Waals surface area (Å²) in [5.74, 6) is -0.731. The van der Waals surface area contributed by atoms with Crippen LogP contribution in [0.2, 0.25) is 0 Å². The zero-order valence-electron chi connectivity index (χ0n) is 11.9. The first-order valence-corrected chi connectivity index (χ1v) is 8.99. The van der Waals surface area contributed by atoms with Crippen molar-refractivity contribution in [2.45, 2.75) is 6.61 Å². The SMILES string of the molecule is CS(=O)(=O)Nc1ccccc1C(=O)OCc1csc([N+](=O)[O-])c1. The Kier molecular flexibility index (Phi) is 4.96. The molecule has 0 unspecified atom stereocenters. The maximum atomic E-state index is 12.1. The zero-order chi connectivity index (χ0) is 17.0. The van der Waals surface area contributed by atoms with Crippen LogP contribution in [0.4, 0.5) is 10.7 Å². The van der Waals surface area contributed by atoms with Crippen molar-refractivity contribution in [3.05, 3.63) is 57.0 Å². The van der Waals surface area contributed by atoms with Gasteiger partial charge in [-0.3, -0.25) is 14.8 Å². The third-order valence-electron chi connectivity index (χ3n) is 2.63. The molecule has 2 aromatic rings. The summed E-state index contributed by atoms with van der Waals surface area (Å²) in [5, 5.41) is 12.1. The number of nitro groups is 1. The largest absolute Gasteiger partial charge is 0.457 e. The Labute approximate surface area is 135 Å². The average molecular weight is 356 g/mol. The number of nitrogens with zero attached hydrogens (tertiary/aromatic N) is 1. The van der Waals surface area contributed by atoms with Crippen LogP contribution in [0.5, 0.6) is 0 Å². The molecule has 0 saturated carbocycles. The highest BCUT2D eigenvalue weighted by atomic mass is 32.2. The molecule has 0 aliphatic rings. The first kappa shape index (κ1) is 16.9. The first-order valence-electron chi connectivity index (χ1n) is 6.22. The molecule has 8 nitrogen and oxygen atoms in total. The third kappa shape index (κ3) is 4.76. The standard InChI is InChI=1S/C13H12N2O6S2/c1-23(19,20)14-11-5-3-2-4-10(11)13(16)21-7-9-6-12(15(17)18)22-8-9/h2-6,8,14H,7H2,1H3. The molecule has 23 heavy (non-hydrogen) atoms. The molecule has 0 radical (unpaired) electrons. The summed E-state index contributed by atoms with van der Waals surface area (Å²) in [6.07, 6.45) is 0.972. The van der Waals surface area contributed by atoms with Gasteiger partial charge >= 0.3 is 11.0 Å². The molecule has 10 heteroatoms. The molecule has 0 spiro atoms. The van der Waals surface area contributed by atoms with Gasteiger partial charge in [-0.15, -0.1) is 0 Å². The Morgan fingerprint density at radius 1 is 1.39 bits per heavy atom. The van der Waals surface area contributed by atoms with Crippen molar-refractivity contribution in [1.29, 1.82) is 0 Å². The van der Waals surface area contributed by atoms with E-state index in [-0.39, 0.29) is 22.9 Å². The van der Waals surface area contributed by atoms with Crippen LogP contribution in [0.15, 0.2) is 35.7 Å². The number of anilines is 1. The summed E-state index contributed by atoms with van der Waals surface area (Å²) in [6.45, 7) is -0.142. The average Bonchev–Trinajstić information content (AvgIpc) is 2.93. The molecular weight excluding hydrogens is 344 g/mol. The molecule has 0 atom stereocenters. The smallest absolute Gasteiger partial charge is 0.340 e. The van der Waals surface area contributed by atoms with Crippen LogP contribution in [0.1, 0.15) is 15.9 Å². The quantitative estimate of drug-likeness (QED) is 0.483. The van der Waals surface area contributed by atoms with Crippen LogP contribution in [-0.2, 0) is 21.4 Å². The molecule has 122 valence electrons. The number of rotatable bonds is 6. The molecule has 1 heterocycles. The Morgan fingerprint density at radius 3 is 2.70 bits per heavy atom. The van der Waals surface area contributed by atoms with E-state index in [1.165, 1.54) is 23.6 Å². The second kappa shape index (κ2) is 6.75. The summed E-state index contributed by atoms with van der Waals surface area (Å²) in [5.41, 5.74) is 0.655. The maximum Gasteiger partial charge on any atom is 0.340 e. The van der Waals surface area contributed by atoms with Crippen LogP contribution in [-0.4, -0.2) is 25.6 Å². The Morgan fingerprint density at radius 2 is 2.09 bits per heavy atom. The van der Waals surface area contributed by atoms with Crippen LogP contribution >= 0.6 is 11.3 Å². The Bertz CT molecular complexity index is 844. The van der Waals surface area contributed by atoms with Crippen molar-refractivity contribution in [2.24, 2.45) is 0 Å². The van der Waals surface area contributed by atoms with Gasteiger partial charge < -0.3 is 4.74 Å². The fourth-order valence-electron chi connectivity index (χ4n) is 1.71. The number of nitrogens with one attached hydrogen (secondary N) is 1. The van der Waals surface area contributed by atoms with Crippen molar-refractivity contribution < 1.29 is 22.9 Å². The number of esters is 1. The van der Waals surface area contributed by atoms with E-state index in [0.717, 1.165) is 17.6 Å². The van der Waals surface area contributed by atoms with E-state index in [1.807, 2.05) is 0 Å². The second-order valence-corrected chi connectivity index (χ2v) is 7.18. The molecule has 2 rings (SSSR count). The van der Waals surface area contributed by atoms with Gasteiger partial charge in [0.1, 0.15) is 6.61 Å². The minimum absolute atomic E-state index is 0.0461. The van der Waals surface area contributed by atoms with E-state index in [4.69, 9.17) is 4.74 Å². The van der Waals surface area contributed by atoms with Gasteiger partial charge in [-0.2, -0.15) is 0 Å². The van der Waals surface area contributed by atoms with Gasteiger partial charge in [0.25, 0.3) is 0 Å². The van der Waals surface area contributed by atoms with E-state index in [9.17, 15) is 23.3 Å². The predicted octanol–water partition coefficient (Wildman–Crippen LogP) is 2.38. The summed E-state index contributed by atoms with van der Waals surface area (Å²) in [4.78, 5) is 22.1. The van der Waals surface area contributed by atoms with Crippen LogP contribution in [0, 0.1) is 10.1 Å². The Balaban J connectivity index is 2.10. The number of hydrogen-bond donors (Lipinski definition) is 1. The highest BCUT2D eigenvalue weighted by Crippen LogP contribution is 2.24. The minimum Gasteiger partial charge on any atom is -0.457 e. The first-order chi connectivity index (χ1) is 10.8. The van der Waals surface area contributed by atoms with Crippen molar-refractivity contribution in [3.63, 3.8) is 0 Å². The second-order valence-electron chi connectivity index (χ2n) is 4.55.